The normalized spacial score (nSPS) is 11.4. The van der Waals surface area contributed by atoms with Crippen molar-refractivity contribution in [2.75, 3.05) is 10.5 Å². The zero-order valence-electron chi connectivity index (χ0n) is 10.2. The minimum atomic E-state index is -4.09. The predicted molar refractivity (Wildman–Crippen MR) is 80.7 cm³/mol. The summed E-state index contributed by atoms with van der Waals surface area (Å²) in [6.07, 6.45) is 0. The number of hydrogen-bond donors (Lipinski definition) is 2. The highest BCUT2D eigenvalue weighted by Gasteiger charge is 2.20. The number of halogens is 4. The first kappa shape index (κ1) is 16.0. The lowest BCUT2D eigenvalue weighted by molar-refractivity contribution is 0.599. The highest BCUT2D eigenvalue weighted by Crippen LogP contribution is 2.28. The molecule has 0 saturated heterocycles. The lowest BCUT2D eigenvalue weighted by Crippen LogP contribution is -2.15. The van der Waals surface area contributed by atoms with Crippen LogP contribution < -0.4 is 10.5 Å². The standard InChI is InChI=1S/C12H8BrClF2N2O2S/c13-7-4-12(11(17)5-9(7)15)21(19,20)18-6-1-2-8(14)10(16)3-6/h1-5,18H,17H2. The summed E-state index contributed by atoms with van der Waals surface area (Å²) >= 11 is 8.39. The fourth-order valence-electron chi connectivity index (χ4n) is 1.55. The number of benzene rings is 2. The number of hydrogen-bond acceptors (Lipinski definition) is 3. The average Bonchev–Trinajstić information content (AvgIpc) is 2.37. The highest BCUT2D eigenvalue weighted by molar-refractivity contribution is 9.10. The molecule has 0 aliphatic rings. The lowest BCUT2D eigenvalue weighted by atomic mass is 10.3. The van der Waals surface area contributed by atoms with Gasteiger partial charge in [0.1, 0.15) is 16.5 Å². The van der Waals surface area contributed by atoms with Crippen LogP contribution in [0.4, 0.5) is 20.2 Å². The molecule has 112 valence electrons. The van der Waals surface area contributed by atoms with E-state index in [2.05, 4.69) is 20.7 Å². The van der Waals surface area contributed by atoms with Gasteiger partial charge >= 0.3 is 0 Å². The Bertz CT molecular complexity index is 815. The number of nitrogens with two attached hydrogens (primary N) is 1. The van der Waals surface area contributed by atoms with Crippen LogP contribution in [0, 0.1) is 11.6 Å². The van der Waals surface area contributed by atoms with Gasteiger partial charge < -0.3 is 5.73 Å². The Morgan fingerprint density at radius 1 is 1.14 bits per heavy atom. The molecular weight excluding hydrogens is 390 g/mol. The molecule has 0 aliphatic heterocycles. The third-order valence-electron chi connectivity index (χ3n) is 2.51. The van der Waals surface area contributed by atoms with Crippen LogP contribution in [0.15, 0.2) is 39.7 Å². The molecule has 21 heavy (non-hydrogen) atoms. The SMILES string of the molecule is Nc1cc(F)c(Br)cc1S(=O)(=O)Nc1ccc(Cl)c(F)c1. The fraction of sp³-hybridized carbons (Fsp3) is 0. The van der Waals surface area contributed by atoms with Gasteiger partial charge in [-0.3, -0.25) is 4.72 Å². The van der Waals surface area contributed by atoms with E-state index >= 15 is 0 Å². The van der Waals surface area contributed by atoms with Crippen molar-refractivity contribution in [1.29, 1.82) is 0 Å². The van der Waals surface area contributed by atoms with Crippen LogP contribution in [0.2, 0.25) is 5.02 Å². The second kappa shape index (κ2) is 5.78. The van der Waals surface area contributed by atoms with E-state index in [1.165, 1.54) is 12.1 Å². The summed E-state index contributed by atoms with van der Waals surface area (Å²) in [6.45, 7) is 0. The fourth-order valence-corrected chi connectivity index (χ4v) is 3.35. The minimum Gasteiger partial charge on any atom is -0.398 e. The van der Waals surface area contributed by atoms with Crippen LogP contribution in [0.1, 0.15) is 0 Å². The van der Waals surface area contributed by atoms with E-state index in [0.29, 0.717) is 0 Å². The van der Waals surface area contributed by atoms with Gasteiger partial charge in [-0.25, -0.2) is 17.2 Å². The third-order valence-corrected chi connectivity index (χ3v) is 4.87. The molecule has 0 atom stereocenters. The summed E-state index contributed by atoms with van der Waals surface area (Å²) in [4.78, 5) is -0.328. The molecular formula is C12H8BrClF2N2O2S. The number of nitrogen functional groups attached to an aromatic ring is 1. The van der Waals surface area contributed by atoms with Gasteiger partial charge in [-0.05, 0) is 46.3 Å². The third kappa shape index (κ3) is 3.45. The van der Waals surface area contributed by atoms with Crippen LogP contribution in [-0.2, 0) is 10.0 Å². The molecule has 0 amide bonds. The predicted octanol–water partition coefficient (Wildman–Crippen LogP) is 3.76. The van der Waals surface area contributed by atoms with Crippen molar-refractivity contribution >= 4 is 48.9 Å². The lowest BCUT2D eigenvalue weighted by Gasteiger charge is -2.11. The van der Waals surface area contributed by atoms with E-state index in [9.17, 15) is 17.2 Å². The molecule has 0 bridgehead atoms. The minimum absolute atomic E-state index is 0.0308. The van der Waals surface area contributed by atoms with E-state index in [4.69, 9.17) is 17.3 Å². The Hall–Kier alpha value is -1.38. The Morgan fingerprint density at radius 2 is 1.81 bits per heavy atom. The number of nitrogens with one attached hydrogen (secondary N) is 1. The summed E-state index contributed by atoms with van der Waals surface area (Å²) in [5.74, 6) is -1.46. The molecule has 0 fully saturated rings. The zero-order chi connectivity index (χ0) is 15.8. The maximum absolute atomic E-state index is 13.3. The van der Waals surface area contributed by atoms with Crippen LogP contribution in [0.25, 0.3) is 0 Å². The van der Waals surface area contributed by atoms with Crippen LogP contribution in [-0.4, -0.2) is 8.42 Å². The molecule has 0 spiro atoms. The second-order valence-electron chi connectivity index (χ2n) is 4.04. The quantitative estimate of drug-likeness (QED) is 0.775. The summed E-state index contributed by atoms with van der Waals surface area (Å²) in [5.41, 5.74) is 5.21. The highest BCUT2D eigenvalue weighted by atomic mass is 79.9. The van der Waals surface area contributed by atoms with E-state index in [1.807, 2.05) is 0 Å². The molecule has 4 nitrogen and oxygen atoms in total. The molecule has 3 N–H and O–H groups in total. The monoisotopic (exact) mass is 396 g/mol. The van der Waals surface area contributed by atoms with E-state index < -0.39 is 21.7 Å². The van der Waals surface area contributed by atoms with Crippen molar-refractivity contribution in [2.24, 2.45) is 0 Å². The molecule has 0 unspecified atom stereocenters. The van der Waals surface area contributed by atoms with Gasteiger partial charge in [0.25, 0.3) is 10.0 Å². The number of rotatable bonds is 3. The van der Waals surface area contributed by atoms with Crippen molar-refractivity contribution in [3.05, 3.63) is 51.5 Å². The van der Waals surface area contributed by atoms with Gasteiger partial charge in [0.05, 0.1) is 20.9 Å². The van der Waals surface area contributed by atoms with Gasteiger partial charge in [-0.1, -0.05) is 11.6 Å². The van der Waals surface area contributed by atoms with Gasteiger partial charge in [-0.15, -0.1) is 0 Å². The number of anilines is 2. The molecule has 0 aromatic heterocycles. The molecule has 0 saturated carbocycles. The molecule has 0 radical (unpaired) electrons. The summed E-state index contributed by atoms with van der Waals surface area (Å²) in [6, 6.07) is 5.32. The maximum atomic E-state index is 13.3. The van der Waals surface area contributed by atoms with Gasteiger partial charge in [0.15, 0.2) is 0 Å². The molecule has 2 aromatic rings. The second-order valence-corrected chi connectivity index (χ2v) is 6.95. The summed E-state index contributed by atoms with van der Waals surface area (Å²) < 4.78 is 53.0. The molecule has 9 heteroatoms. The molecule has 2 rings (SSSR count). The topological polar surface area (TPSA) is 72.2 Å². The molecule has 0 heterocycles. The van der Waals surface area contributed by atoms with Crippen molar-refractivity contribution in [1.82, 2.24) is 0 Å². The Labute approximate surface area is 133 Å². The van der Waals surface area contributed by atoms with Crippen molar-refractivity contribution in [2.45, 2.75) is 4.90 Å². The molecule has 0 aliphatic carbocycles. The number of sulfonamides is 1. The largest absolute Gasteiger partial charge is 0.398 e. The smallest absolute Gasteiger partial charge is 0.263 e. The first-order chi connectivity index (χ1) is 9.70. The Kier molecular flexibility index (Phi) is 4.40. The van der Waals surface area contributed by atoms with E-state index in [0.717, 1.165) is 18.2 Å². The van der Waals surface area contributed by atoms with Gasteiger partial charge in [0.2, 0.25) is 0 Å². The average molecular weight is 398 g/mol. The molecule has 2 aromatic carbocycles. The van der Waals surface area contributed by atoms with Crippen molar-refractivity contribution in [3.8, 4) is 0 Å². The van der Waals surface area contributed by atoms with Crippen LogP contribution >= 0.6 is 27.5 Å². The van der Waals surface area contributed by atoms with E-state index in [1.54, 1.807) is 0 Å². The van der Waals surface area contributed by atoms with Gasteiger partial charge in [0, 0.05) is 0 Å². The Balaban J connectivity index is 2.43. The maximum Gasteiger partial charge on any atom is 0.263 e. The summed E-state index contributed by atoms with van der Waals surface area (Å²) in [7, 11) is -4.09. The van der Waals surface area contributed by atoms with Crippen LogP contribution in [0.5, 0.6) is 0 Å². The first-order valence-corrected chi connectivity index (χ1v) is 8.08. The Morgan fingerprint density at radius 3 is 2.43 bits per heavy atom. The van der Waals surface area contributed by atoms with Crippen LogP contribution in [0.3, 0.4) is 0 Å². The summed E-state index contributed by atoms with van der Waals surface area (Å²) in [5, 5.41) is -0.137. The van der Waals surface area contributed by atoms with E-state index in [-0.39, 0.29) is 25.8 Å². The first-order valence-electron chi connectivity index (χ1n) is 5.43. The van der Waals surface area contributed by atoms with Crippen molar-refractivity contribution in [3.63, 3.8) is 0 Å². The zero-order valence-corrected chi connectivity index (χ0v) is 13.4. The van der Waals surface area contributed by atoms with Gasteiger partial charge in [-0.2, -0.15) is 0 Å². The van der Waals surface area contributed by atoms with Crippen molar-refractivity contribution < 1.29 is 17.2 Å².